The molecule has 140 valence electrons. The van der Waals surface area contributed by atoms with Gasteiger partial charge in [0.25, 0.3) is 0 Å². The Hall–Kier alpha value is -2.29. The second-order valence-corrected chi connectivity index (χ2v) is 6.44. The van der Waals surface area contributed by atoms with Gasteiger partial charge in [-0.05, 0) is 38.5 Å². The number of halogens is 3. The fraction of sp³-hybridized carbons (Fsp3) is 0.353. The van der Waals surface area contributed by atoms with Gasteiger partial charge < -0.3 is 9.72 Å². The molecule has 2 aromatic heterocycles. The summed E-state index contributed by atoms with van der Waals surface area (Å²) in [6.07, 6.45) is -3.71. The first-order chi connectivity index (χ1) is 12.1. The molecule has 0 aliphatic carbocycles. The molecule has 2 heterocycles. The molecule has 1 N–H and O–H groups in total. The van der Waals surface area contributed by atoms with Crippen molar-refractivity contribution in [3.05, 3.63) is 46.4 Å². The molecule has 9 heteroatoms. The number of rotatable bonds is 6. The van der Waals surface area contributed by atoms with Gasteiger partial charge in [0.2, 0.25) is 0 Å². The van der Waals surface area contributed by atoms with Crippen molar-refractivity contribution in [1.29, 1.82) is 0 Å². The molecular weight excluding hydrogens is 369 g/mol. The number of aryl methyl sites for hydroxylation is 1. The van der Waals surface area contributed by atoms with Crippen molar-refractivity contribution < 1.29 is 27.5 Å². The minimum atomic E-state index is -4.45. The van der Waals surface area contributed by atoms with Gasteiger partial charge in [0, 0.05) is 17.5 Å². The highest BCUT2D eigenvalue weighted by Gasteiger charge is 2.30. The monoisotopic (exact) mass is 386 g/mol. The Morgan fingerprint density at radius 2 is 1.96 bits per heavy atom. The van der Waals surface area contributed by atoms with Gasteiger partial charge in [0.15, 0.2) is 5.78 Å². The third-order valence-corrected chi connectivity index (χ3v) is 4.55. The summed E-state index contributed by atoms with van der Waals surface area (Å²) in [7, 11) is 0. The van der Waals surface area contributed by atoms with E-state index in [1.807, 2.05) is 0 Å². The minimum absolute atomic E-state index is 0.0137. The van der Waals surface area contributed by atoms with Crippen LogP contribution in [0.4, 0.5) is 13.2 Å². The van der Waals surface area contributed by atoms with Crippen LogP contribution in [0, 0.1) is 13.8 Å². The fourth-order valence-electron chi connectivity index (χ4n) is 2.42. The summed E-state index contributed by atoms with van der Waals surface area (Å²) in [5.41, 5.74) is 0.797. The number of aromatic amines is 1. The number of ketones is 1. The Morgan fingerprint density at radius 3 is 2.50 bits per heavy atom. The summed E-state index contributed by atoms with van der Waals surface area (Å²) in [4.78, 5) is 30.9. The van der Waals surface area contributed by atoms with E-state index >= 15 is 0 Å². The lowest BCUT2D eigenvalue weighted by atomic mass is 10.1. The fourth-order valence-corrected chi connectivity index (χ4v) is 3.14. The van der Waals surface area contributed by atoms with Crippen LogP contribution in [0.1, 0.15) is 44.6 Å². The zero-order valence-electron chi connectivity index (χ0n) is 14.4. The van der Waals surface area contributed by atoms with Crippen molar-refractivity contribution in [2.45, 2.75) is 32.0 Å². The van der Waals surface area contributed by atoms with Crippen LogP contribution in [0.25, 0.3) is 0 Å². The van der Waals surface area contributed by atoms with Crippen molar-refractivity contribution >= 4 is 23.5 Å². The number of nitrogens with one attached hydrogen (secondary N) is 1. The summed E-state index contributed by atoms with van der Waals surface area (Å²) in [5, 5.41) is 0.308. The molecule has 0 bridgehead atoms. The van der Waals surface area contributed by atoms with Gasteiger partial charge >= 0.3 is 12.1 Å². The lowest BCUT2D eigenvalue weighted by Crippen LogP contribution is -2.08. The smallest absolute Gasteiger partial charge is 0.417 e. The Balaban J connectivity index is 2.10. The van der Waals surface area contributed by atoms with E-state index in [4.69, 9.17) is 4.74 Å². The van der Waals surface area contributed by atoms with Crippen LogP contribution in [-0.2, 0) is 10.9 Å². The second-order valence-electron chi connectivity index (χ2n) is 5.44. The molecule has 0 spiro atoms. The number of thioether (sulfide) groups is 1. The number of Topliss-reactive ketones (excluding diaryl/α,β-unsaturated/α-hetero) is 1. The van der Waals surface area contributed by atoms with Crippen LogP contribution < -0.4 is 0 Å². The van der Waals surface area contributed by atoms with E-state index in [0.717, 1.165) is 24.0 Å². The van der Waals surface area contributed by atoms with Crippen LogP contribution in [0.5, 0.6) is 0 Å². The maximum atomic E-state index is 12.5. The molecule has 26 heavy (non-hydrogen) atoms. The highest BCUT2D eigenvalue weighted by Crippen LogP contribution is 2.30. The van der Waals surface area contributed by atoms with E-state index in [9.17, 15) is 22.8 Å². The highest BCUT2D eigenvalue weighted by atomic mass is 32.2. The van der Waals surface area contributed by atoms with Gasteiger partial charge in [0.1, 0.15) is 5.69 Å². The largest absolute Gasteiger partial charge is 0.461 e. The van der Waals surface area contributed by atoms with Gasteiger partial charge in [-0.3, -0.25) is 4.79 Å². The van der Waals surface area contributed by atoms with Crippen LogP contribution in [0.15, 0.2) is 23.4 Å². The third kappa shape index (κ3) is 4.46. The number of hydrogen-bond donors (Lipinski definition) is 1. The predicted molar refractivity (Wildman–Crippen MR) is 90.5 cm³/mol. The Bertz CT molecular complexity index is 814. The zero-order chi connectivity index (χ0) is 19.5. The van der Waals surface area contributed by atoms with Crippen LogP contribution >= 0.6 is 11.8 Å². The topological polar surface area (TPSA) is 72.1 Å². The summed E-state index contributed by atoms with van der Waals surface area (Å²) >= 11 is 1.03. The predicted octanol–water partition coefficient (Wildman–Crippen LogP) is 4.20. The molecular formula is C17H17F3N2O3S. The van der Waals surface area contributed by atoms with Gasteiger partial charge in [-0.2, -0.15) is 13.2 Å². The molecule has 0 fully saturated rings. The molecule has 5 nitrogen and oxygen atoms in total. The van der Waals surface area contributed by atoms with E-state index in [1.165, 1.54) is 6.07 Å². The van der Waals surface area contributed by atoms with E-state index in [0.29, 0.717) is 21.8 Å². The normalized spacial score (nSPS) is 11.5. The first-order valence-corrected chi connectivity index (χ1v) is 8.69. The summed E-state index contributed by atoms with van der Waals surface area (Å²) in [5.74, 6) is -0.803. The Labute approximate surface area is 152 Å². The number of carbonyl (C=O) groups is 2. The lowest BCUT2D eigenvalue weighted by Gasteiger charge is -2.07. The average Bonchev–Trinajstić information content (AvgIpc) is 2.87. The minimum Gasteiger partial charge on any atom is -0.461 e. The molecule has 0 atom stereocenters. The molecule has 0 saturated heterocycles. The number of alkyl halides is 3. The molecule has 2 aromatic rings. The van der Waals surface area contributed by atoms with Crippen LogP contribution in [-0.4, -0.2) is 34.1 Å². The average molecular weight is 386 g/mol. The van der Waals surface area contributed by atoms with Crippen molar-refractivity contribution in [1.82, 2.24) is 9.97 Å². The number of pyridine rings is 1. The number of aromatic nitrogens is 2. The van der Waals surface area contributed by atoms with Gasteiger partial charge in [0.05, 0.1) is 22.9 Å². The summed E-state index contributed by atoms with van der Waals surface area (Å²) in [6, 6.07) is 2.15. The van der Waals surface area contributed by atoms with Gasteiger partial charge in [-0.25, -0.2) is 9.78 Å². The van der Waals surface area contributed by atoms with E-state index in [1.54, 1.807) is 20.8 Å². The highest BCUT2D eigenvalue weighted by molar-refractivity contribution is 7.99. The zero-order valence-corrected chi connectivity index (χ0v) is 15.2. The summed E-state index contributed by atoms with van der Waals surface area (Å²) in [6.45, 7) is 5.21. The molecule has 0 radical (unpaired) electrons. The quantitative estimate of drug-likeness (QED) is 0.458. The van der Waals surface area contributed by atoms with Crippen molar-refractivity contribution in [2.75, 3.05) is 12.4 Å². The van der Waals surface area contributed by atoms with Crippen molar-refractivity contribution in [3.63, 3.8) is 0 Å². The lowest BCUT2D eigenvalue weighted by molar-refractivity contribution is -0.137. The molecule has 0 saturated carbocycles. The summed E-state index contributed by atoms with van der Waals surface area (Å²) < 4.78 is 42.5. The molecule has 0 amide bonds. The number of nitrogens with zero attached hydrogens (tertiary/aromatic N) is 1. The third-order valence-electron chi connectivity index (χ3n) is 3.61. The number of hydrogen-bond acceptors (Lipinski definition) is 5. The van der Waals surface area contributed by atoms with Gasteiger partial charge in [-0.1, -0.05) is 11.8 Å². The first-order valence-electron chi connectivity index (χ1n) is 7.70. The molecule has 0 unspecified atom stereocenters. The maximum Gasteiger partial charge on any atom is 0.417 e. The maximum absolute atomic E-state index is 12.5. The number of ether oxygens (including phenoxy) is 1. The van der Waals surface area contributed by atoms with Crippen molar-refractivity contribution in [3.8, 4) is 0 Å². The SMILES string of the molecule is CCOC(=O)c1[nH]c(C)c(C(=O)CSc2ccc(C(F)(F)F)cn2)c1C. The standard InChI is InChI=1S/C17H17F3N2O3S/c1-4-25-16(24)15-9(2)14(10(3)22-15)12(23)8-26-13-6-5-11(7-21-13)17(18,19)20/h5-7,22H,4,8H2,1-3H3. The second kappa shape index (κ2) is 7.94. The Morgan fingerprint density at radius 1 is 1.27 bits per heavy atom. The molecule has 0 aliphatic heterocycles. The number of esters is 1. The van der Waals surface area contributed by atoms with Crippen molar-refractivity contribution in [2.24, 2.45) is 0 Å². The first kappa shape index (κ1) is 20.0. The van der Waals surface area contributed by atoms with Gasteiger partial charge in [-0.15, -0.1) is 0 Å². The molecule has 0 aromatic carbocycles. The molecule has 2 rings (SSSR count). The van der Waals surface area contributed by atoms with E-state index < -0.39 is 17.7 Å². The van der Waals surface area contributed by atoms with Crippen LogP contribution in [0.2, 0.25) is 0 Å². The number of H-pyrrole nitrogens is 1. The Kier molecular flexibility index (Phi) is 6.12. The van der Waals surface area contributed by atoms with Crippen LogP contribution in [0.3, 0.4) is 0 Å². The van der Waals surface area contributed by atoms with E-state index in [-0.39, 0.29) is 23.8 Å². The van der Waals surface area contributed by atoms with E-state index in [2.05, 4.69) is 9.97 Å². The number of carbonyl (C=O) groups excluding carboxylic acids is 2. The molecule has 0 aliphatic rings.